The highest BCUT2D eigenvalue weighted by Gasteiger charge is 2.15. The SMILES string of the molecule is C=CC=CC(CCCCC)C(=O)OCC. The first-order valence-electron chi connectivity index (χ1n) is 5.72. The van der Waals surface area contributed by atoms with Crippen LogP contribution in [-0.2, 0) is 9.53 Å². The van der Waals surface area contributed by atoms with Gasteiger partial charge in [0, 0.05) is 0 Å². The van der Waals surface area contributed by atoms with Crippen LogP contribution in [0.4, 0.5) is 0 Å². The number of hydrogen-bond acceptors (Lipinski definition) is 2. The van der Waals surface area contributed by atoms with Crippen LogP contribution in [0.2, 0.25) is 0 Å². The molecule has 1 unspecified atom stereocenters. The lowest BCUT2D eigenvalue weighted by Crippen LogP contribution is -2.15. The van der Waals surface area contributed by atoms with Gasteiger partial charge in [-0.25, -0.2) is 0 Å². The van der Waals surface area contributed by atoms with Crippen molar-refractivity contribution in [2.24, 2.45) is 5.92 Å². The molecule has 86 valence electrons. The third-order valence-corrected chi connectivity index (χ3v) is 2.19. The number of hydrogen-bond donors (Lipinski definition) is 0. The Labute approximate surface area is 93.0 Å². The molecule has 0 saturated carbocycles. The van der Waals surface area contributed by atoms with Crippen LogP contribution >= 0.6 is 0 Å². The van der Waals surface area contributed by atoms with E-state index in [9.17, 15) is 4.79 Å². The predicted molar refractivity (Wildman–Crippen MR) is 63.6 cm³/mol. The summed E-state index contributed by atoms with van der Waals surface area (Å²) in [5.74, 6) is -0.221. The summed E-state index contributed by atoms with van der Waals surface area (Å²) >= 11 is 0. The fourth-order valence-corrected chi connectivity index (χ4v) is 1.37. The van der Waals surface area contributed by atoms with Crippen molar-refractivity contribution in [3.8, 4) is 0 Å². The van der Waals surface area contributed by atoms with Gasteiger partial charge in [-0.3, -0.25) is 4.79 Å². The van der Waals surface area contributed by atoms with Gasteiger partial charge in [-0.05, 0) is 13.3 Å². The lowest BCUT2D eigenvalue weighted by atomic mass is 10.0. The molecule has 15 heavy (non-hydrogen) atoms. The number of carbonyl (C=O) groups is 1. The molecule has 0 aromatic heterocycles. The van der Waals surface area contributed by atoms with Gasteiger partial charge < -0.3 is 4.74 Å². The first-order chi connectivity index (χ1) is 7.26. The Bertz CT molecular complexity index is 207. The molecule has 1 atom stereocenters. The number of allylic oxidation sites excluding steroid dienone is 2. The third kappa shape index (κ3) is 6.95. The van der Waals surface area contributed by atoms with E-state index in [2.05, 4.69) is 13.5 Å². The molecule has 0 aromatic rings. The second kappa shape index (κ2) is 9.50. The summed E-state index contributed by atoms with van der Waals surface area (Å²) in [5.41, 5.74) is 0. The number of rotatable bonds is 8. The topological polar surface area (TPSA) is 26.3 Å². The lowest BCUT2D eigenvalue weighted by Gasteiger charge is -2.10. The summed E-state index contributed by atoms with van der Waals surface area (Å²) in [7, 11) is 0. The highest BCUT2D eigenvalue weighted by molar-refractivity contribution is 5.74. The highest BCUT2D eigenvalue weighted by Crippen LogP contribution is 2.13. The Hall–Kier alpha value is -1.05. The normalized spacial score (nSPS) is 12.7. The van der Waals surface area contributed by atoms with Gasteiger partial charge in [0.2, 0.25) is 0 Å². The standard InChI is InChI=1S/C13H22O2/c1-4-7-9-11-12(10-8-5-2)13(14)15-6-3/h5,8,10,12H,2,4,6-7,9,11H2,1,3H3. The lowest BCUT2D eigenvalue weighted by molar-refractivity contribution is -0.146. The van der Waals surface area contributed by atoms with Crippen molar-refractivity contribution in [2.45, 2.75) is 39.5 Å². The largest absolute Gasteiger partial charge is 0.466 e. The Morgan fingerprint density at radius 1 is 1.40 bits per heavy atom. The van der Waals surface area contributed by atoms with Gasteiger partial charge in [-0.2, -0.15) is 0 Å². The van der Waals surface area contributed by atoms with E-state index in [-0.39, 0.29) is 11.9 Å². The van der Waals surface area contributed by atoms with Crippen molar-refractivity contribution >= 4 is 5.97 Å². The number of esters is 1. The second-order valence-electron chi connectivity index (χ2n) is 3.47. The minimum Gasteiger partial charge on any atom is -0.466 e. The van der Waals surface area contributed by atoms with E-state index in [1.165, 1.54) is 6.42 Å². The van der Waals surface area contributed by atoms with Gasteiger partial charge in [0.15, 0.2) is 0 Å². The molecule has 0 aliphatic heterocycles. The highest BCUT2D eigenvalue weighted by atomic mass is 16.5. The number of carbonyl (C=O) groups excluding carboxylic acids is 1. The Balaban J connectivity index is 4.10. The van der Waals surface area contributed by atoms with Gasteiger partial charge >= 0.3 is 5.97 Å². The van der Waals surface area contributed by atoms with E-state index in [4.69, 9.17) is 4.74 Å². The molecule has 0 fully saturated rings. The predicted octanol–water partition coefficient (Wildman–Crippen LogP) is 3.49. The Morgan fingerprint density at radius 3 is 2.67 bits per heavy atom. The van der Waals surface area contributed by atoms with E-state index in [1.807, 2.05) is 19.1 Å². The molecule has 0 aromatic carbocycles. The minimum atomic E-state index is -0.119. The van der Waals surface area contributed by atoms with E-state index < -0.39 is 0 Å². The maximum atomic E-state index is 11.5. The second-order valence-corrected chi connectivity index (χ2v) is 3.47. The fraction of sp³-hybridized carbons (Fsp3) is 0.615. The van der Waals surface area contributed by atoms with Crippen LogP contribution in [0.15, 0.2) is 24.8 Å². The van der Waals surface area contributed by atoms with Crippen molar-refractivity contribution in [2.75, 3.05) is 6.61 Å². The number of ether oxygens (including phenoxy) is 1. The third-order valence-electron chi connectivity index (χ3n) is 2.19. The monoisotopic (exact) mass is 210 g/mol. The zero-order chi connectivity index (χ0) is 11.5. The molecule has 2 nitrogen and oxygen atoms in total. The van der Waals surface area contributed by atoms with E-state index in [1.54, 1.807) is 6.08 Å². The number of unbranched alkanes of at least 4 members (excludes halogenated alkanes) is 2. The summed E-state index contributed by atoms with van der Waals surface area (Å²) in [6.45, 7) is 8.03. The van der Waals surface area contributed by atoms with E-state index >= 15 is 0 Å². The molecule has 0 bridgehead atoms. The molecular weight excluding hydrogens is 188 g/mol. The maximum Gasteiger partial charge on any atom is 0.312 e. The van der Waals surface area contributed by atoms with Crippen LogP contribution in [0.5, 0.6) is 0 Å². The van der Waals surface area contributed by atoms with Crippen molar-refractivity contribution in [1.82, 2.24) is 0 Å². The van der Waals surface area contributed by atoms with Crippen LogP contribution in [0, 0.1) is 5.92 Å². The molecule has 0 amide bonds. The Morgan fingerprint density at radius 2 is 2.13 bits per heavy atom. The fourth-order valence-electron chi connectivity index (χ4n) is 1.37. The quantitative estimate of drug-likeness (QED) is 0.348. The average Bonchev–Trinajstić information content (AvgIpc) is 2.23. The van der Waals surface area contributed by atoms with E-state index in [0.717, 1.165) is 19.3 Å². The summed E-state index contributed by atoms with van der Waals surface area (Å²) in [6.07, 6.45) is 9.65. The Kier molecular flexibility index (Phi) is 8.84. The summed E-state index contributed by atoms with van der Waals surface area (Å²) in [4.78, 5) is 11.5. The van der Waals surface area contributed by atoms with Crippen LogP contribution < -0.4 is 0 Å². The van der Waals surface area contributed by atoms with Gasteiger partial charge in [0.05, 0.1) is 12.5 Å². The van der Waals surface area contributed by atoms with Gasteiger partial charge in [-0.1, -0.05) is 51.0 Å². The van der Waals surface area contributed by atoms with Crippen molar-refractivity contribution in [3.05, 3.63) is 24.8 Å². The molecular formula is C13H22O2. The van der Waals surface area contributed by atoms with Crippen molar-refractivity contribution in [1.29, 1.82) is 0 Å². The summed E-state index contributed by atoms with van der Waals surface area (Å²) < 4.78 is 5.01. The van der Waals surface area contributed by atoms with Crippen LogP contribution in [0.1, 0.15) is 39.5 Å². The van der Waals surface area contributed by atoms with Crippen LogP contribution in [-0.4, -0.2) is 12.6 Å². The summed E-state index contributed by atoms with van der Waals surface area (Å²) in [6, 6.07) is 0. The molecule has 2 heteroatoms. The zero-order valence-corrected chi connectivity index (χ0v) is 9.87. The molecule has 0 rings (SSSR count). The maximum absolute atomic E-state index is 11.5. The first-order valence-corrected chi connectivity index (χ1v) is 5.72. The molecule has 0 aliphatic rings. The average molecular weight is 210 g/mol. The molecule has 0 heterocycles. The van der Waals surface area contributed by atoms with Gasteiger partial charge in [0.25, 0.3) is 0 Å². The van der Waals surface area contributed by atoms with Crippen LogP contribution in [0.25, 0.3) is 0 Å². The first kappa shape index (κ1) is 13.9. The van der Waals surface area contributed by atoms with E-state index in [0.29, 0.717) is 6.61 Å². The molecule has 0 radical (unpaired) electrons. The summed E-state index contributed by atoms with van der Waals surface area (Å²) in [5, 5.41) is 0. The molecule has 0 saturated heterocycles. The van der Waals surface area contributed by atoms with Crippen molar-refractivity contribution in [3.63, 3.8) is 0 Å². The zero-order valence-electron chi connectivity index (χ0n) is 9.87. The minimum absolute atomic E-state index is 0.102. The van der Waals surface area contributed by atoms with Crippen LogP contribution in [0.3, 0.4) is 0 Å². The van der Waals surface area contributed by atoms with Gasteiger partial charge in [-0.15, -0.1) is 0 Å². The molecule has 0 spiro atoms. The smallest absolute Gasteiger partial charge is 0.312 e. The van der Waals surface area contributed by atoms with Crippen molar-refractivity contribution < 1.29 is 9.53 Å². The molecule has 0 aliphatic carbocycles. The van der Waals surface area contributed by atoms with Gasteiger partial charge in [0.1, 0.15) is 0 Å². The molecule has 0 N–H and O–H groups in total.